The highest BCUT2D eigenvalue weighted by molar-refractivity contribution is 5.85. The van der Waals surface area contributed by atoms with Gasteiger partial charge in [0.2, 0.25) is 11.8 Å². The summed E-state index contributed by atoms with van der Waals surface area (Å²) in [7, 11) is 0. The number of benzene rings is 1. The maximum Gasteiger partial charge on any atom is 0.222 e. The van der Waals surface area contributed by atoms with Crippen LogP contribution < -0.4 is 10.6 Å². The molecular weight excluding hydrogens is 350 g/mol. The number of hydrogen-bond acceptors (Lipinski definition) is 3. The normalized spacial score (nSPS) is 17.8. The standard InChI is InChI=1S/C20H29N3O2.ClH/c24-19(8-7-16-9-11-21-12-10-16)22-14-17-4-1-2-5-18(17)15-23-13-3-6-20(23)25;/h1-2,4-5,16,21H,3,6-15H2,(H,22,24);1H. The summed E-state index contributed by atoms with van der Waals surface area (Å²) in [5, 5.41) is 6.42. The summed E-state index contributed by atoms with van der Waals surface area (Å²) in [6, 6.07) is 8.09. The first kappa shape index (κ1) is 20.7. The fourth-order valence-electron chi connectivity index (χ4n) is 3.75. The lowest BCUT2D eigenvalue weighted by Crippen LogP contribution is -2.29. The van der Waals surface area contributed by atoms with E-state index in [1.807, 2.05) is 23.1 Å². The molecule has 0 bridgehead atoms. The van der Waals surface area contributed by atoms with Gasteiger partial charge in [0.05, 0.1) is 0 Å². The Bertz CT molecular complexity index is 602. The van der Waals surface area contributed by atoms with Gasteiger partial charge in [-0.2, -0.15) is 0 Å². The molecular formula is C20H30ClN3O2. The van der Waals surface area contributed by atoms with Gasteiger partial charge in [-0.05, 0) is 55.8 Å². The van der Waals surface area contributed by atoms with Crippen molar-refractivity contribution in [2.75, 3.05) is 19.6 Å². The third-order valence-electron chi connectivity index (χ3n) is 5.37. The highest BCUT2D eigenvalue weighted by Gasteiger charge is 2.21. The second kappa shape index (κ2) is 10.5. The molecule has 1 aromatic rings. The Morgan fingerprint density at radius 1 is 1.19 bits per heavy atom. The molecule has 1 aromatic carbocycles. The predicted molar refractivity (Wildman–Crippen MR) is 105 cm³/mol. The highest BCUT2D eigenvalue weighted by Crippen LogP contribution is 2.19. The SMILES string of the molecule is Cl.O=C(CCC1CCNCC1)NCc1ccccc1CN1CCCC1=O. The van der Waals surface area contributed by atoms with Gasteiger partial charge >= 0.3 is 0 Å². The molecule has 2 fully saturated rings. The average molecular weight is 380 g/mol. The Balaban J connectivity index is 0.00000243. The Morgan fingerprint density at radius 2 is 1.92 bits per heavy atom. The monoisotopic (exact) mass is 379 g/mol. The van der Waals surface area contributed by atoms with E-state index >= 15 is 0 Å². The number of nitrogens with one attached hydrogen (secondary N) is 2. The van der Waals surface area contributed by atoms with Crippen molar-refractivity contribution in [3.63, 3.8) is 0 Å². The fraction of sp³-hybridized carbons (Fsp3) is 0.600. The molecule has 2 heterocycles. The molecule has 2 aliphatic heterocycles. The highest BCUT2D eigenvalue weighted by atomic mass is 35.5. The van der Waals surface area contributed by atoms with Crippen molar-refractivity contribution in [1.82, 2.24) is 15.5 Å². The van der Waals surface area contributed by atoms with Crippen LogP contribution in [0.4, 0.5) is 0 Å². The van der Waals surface area contributed by atoms with Gasteiger partial charge in [-0.25, -0.2) is 0 Å². The minimum Gasteiger partial charge on any atom is -0.352 e. The van der Waals surface area contributed by atoms with Crippen molar-refractivity contribution < 1.29 is 9.59 Å². The number of halogens is 1. The molecule has 3 rings (SSSR count). The van der Waals surface area contributed by atoms with Gasteiger partial charge in [0.25, 0.3) is 0 Å². The van der Waals surface area contributed by atoms with Gasteiger partial charge < -0.3 is 15.5 Å². The van der Waals surface area contributed by atoms with Crippen molar-refractivity contribution in [3.05, 3.63) is 35.4 Å². The second-order valence-electron chi connectivity index (χ2n) is 7.20. The molecule has 0 saturated carbocycles. The van der Waals surface area contributed by atoms with E-state index < -0.39 is 0 Å². The lowest BCUT2D eigenvalue weighted by Gasteiger charge is -2.22. The second-order valence-corrected chi connectivity index (χ2v) is 7.20. The van der Waals surface area contributed by atoms with Gasteiger partial charge in [0, 0.05) is 32.5 Å². The van der Waals surface area contributed by atoms with Crippen LogP contribution in [0.15, 0.2) is 24.3 Å². The van der Waals surface area contributed by atoms with Crippen LogP contribution in [0.1, 0.15) is 49.7 Å². The van der Waals surface area contributed by atoms with Crippen molar-refractivity contribution >= 4 is 24.2 Å². The van der Waals surface area contributed by atoms with Crippen molar-refractivity contribution in [2.45, 2.75) is 51.6 Å². The molecule has 26 heavy (non-hydrogen) atoms. The molecule has 2 amide bonds. The van der Waals surface area contributed by atoms with E-state index in [9.17, 15) is 9.59 Å². The number of hydrogen-bond donors (Lipinski definition) is 2. The van der Waals surface area contributed by atoms with Crippen LogP contribution in [-0.4, -0.2) is 36.3 Å². The fourth-order valence-corrected chi connectivity index (χ4v) is 3.75. The van der Waals surface area contributed by atoms with Gasteiger partial charge in [-0.3, -0.25) is 9.59 Å². The molecule has 0 radical (unpaired) electrons. The average Bonchev–Trinajstić information content (AvgIpc) is 3.05. The first-order valence-electron chi connectivity index (χ1n) is 9.54. The number of carbonyl (C=O) groups excluding carboxylic acids is 2. The Morgan fingerprint density at radius 3 is 2.62 bits per heavy atom. The number of nitrogens with zero attached hydrogens (tertiary/aromatic N) is 1. The van der Waals surface area contributed by atoms with Gasteiger partial charge in [0.1, 0.15) is 0 Å². The van der Waals surface area contributed by atoms with E-state index in [-0.39, 0.29) is 24.2 Å². The van der Waals surface area contributed by atoms with E-state index in [0.717, 1.165) is 43.6 Å². The molecule has 0 atom stereocenters. The van der Waals surface area contributed by atoms with Crippen molar-refractivity contribution in [3.8, 4) is 0 Å². The lowest BCUT2D eigenvalue weighted by molar-refractivity contribution is -0.128. The van der Waals surface area contributed by atoms with E-state index in [1.54, 1.807) is 0 Å². The quantitative estimate of drug-likeness (QED) is 0.765. The molecule has 0 unspecified atom stereocenters. The summed E-state index contributed by atoms with van der Waals surface area (Å²) in [6.45, 7) is 4.20. The van der Waals surface area contributed by atoms with E-state index in [2.05, 4.69) is 16.7 Å². The van der Waals surface area contributed by atoms with Crippen LogP contribution in [0, 0.1) is 5.92 Å². The van der Waals surface area contributed by atoms with Gasteiger partial charge in [-0.15, -0.1) is 12.4 Å². The Kier molecular flexibility index (Phi) is 8.39. The van der Waals surface area contributed by atoms with Crippen LogP contribution >= 0.6 is 12.4 Å². The van der Waals surface area contributed by atoms with Gasteiger partial charge in [0.15, 0.2) is 0 Å². The number of carbonyl (C=O) groups is 2. The maximum absolute atomic E-state index is 12.2. The molecule has 144 valence electrons. The zero-order valence-corrected chi connectivity index (χ0v) is 16.2. The molecule has 0 spiro atoms. The molecule has 5 nitrogen and oxygen atoms in total. The minimum atomic E-state index is 0. The van der Waals surface area contributed by atoms with E-state index in [4.69, 9.17) is 0 Å². The molecule has 2 saturated heterocycles. The first-order chi connectivity index (χ1) is 12.2. The molecule has 6 heteroatoms. The zero-order valence-electron chi connectivity index (χ0n) is 15.3. The van der Waals surface area contributed by atoms with Crippen LogP contribution in [0.25, 0.3) is 0 Å². The molecule has 0 aromatic heterocycles. The predicted octanol–water partition coefficient (Wildman–Crippen LogP) is 2.63. The van der Waals surface area contributed by atoms with Crippen LogP contribution in [0.3, 0.4) is 0 Å². The molecule has 2 aliphatic rings. The smallest absolute Gasteiger partial charge is 0.222 e. The van der Waals surface area contributed by atoms with Crippen molar-refractivity contribution in [2.24, 2.45) is 5.92 Å². The summed E-state index contributed by atoms with van der Waals surface area (Å²) in [5.74, 6) is 1.05. The van der Waals surface area contributed by atoms with Crippen LogP contribution in [0.2, 0.25) is 0 Å². The molecule has 2 N–H and O–H groups in total. The summed E-state index contributed by atoms with van der Waals surface area (Å²) in [5.41, 5.74) is 2.24. The van der Waals surface area contributed by atoms with E-state index in [1.165, 1.54) is 12.8 Å². The van der Waals surface area contributed by atoms with Crippen molar-refractivity contribution in [1.29, 1.82) is 0 Å². The Labute approximate surface area is 162 Å². The first-order valence-corrected chi connectivity index (χ1v) is 9.54. The maximum atomic E-state index is 12.2. The summed E-state index contributed by atoms with van der Waals surface area (Å²) in [6.07, 6.45) is 5.57. The number of piperidine rings is 1. The Hall–Kier alpha value is -1.59. The van der Waals surface area contributed by atoms with Gasteiger partial charge in [-0.1, -0.05) is 24.3 Å². The molecule has 0 aliphatic carbocycles. The number of rotatable bonds is 7. The largest absolute Gasteiger partial charge is 0.352 e. The minimum absolute atomic E-state index is 0. The third-order valence-corrected chi connectivity index (χ3v) is 5.37. The number of amides is 2. The third kappa shape index (κ3) is 5.99. The summed E-state index contributed by atoms with van der Waals surface area (Å²) >= 11 is 0. The number of likely N-dealkylation sites (tertiary alicyclic amines) is 1. The van der Waals surface area contributed by atoms with Crippen LogP contribution in [-0.2, 0) is 22.7 Å². The van der Waals surface area contributed by atoms with Crippen LogP contribution in [0.5, 0.6) is 0 Å². The summed E-state index contributed by atoms with van der Waals surface area (Å²) in [4.78, 5) is 25.9. The lowest BCUT2D eigenvalue weighted by atomic mass is 9.93. The van der Waals surface area contributed by atoms with E-state index in [0.29, 0.717) is 31.8 Å². The topological polar surface area (TPSA) is 61.4 Å². The zero-order chi connectivity index (χ0) is 17.5. The summed E-state index contributed by atoms with van der Waals surface area (Å²) < 4.78 is 0.